The average molecular weight is 643 g/mol. The van der Waals surface area contributed by atoms with Gasteiger partial charge in [-0.2, -0.15) is 21.9 Å². The Morgan fingerprint density at radius 3 is 1.17 bits per heavy atom. The van der Waals surface area contributed by atoms with Crippen molar-refractivity contribution in [3.63, 3.8) is 0 Å². The van der Waals surface area contributed by atoms with Crippen molar-refractivity contribution in [1.82, 2.24) is 4.90 Å². The van der Waals surface area contributed by atoms with Crippen LogP contribution in [-0.4, -0.2) is 66.2 Å². The van der Waals surface area contributed by atoms with Crippen molar-refractivity contribution in [3.05, 3.63) is 181 Å². The minimum absolute atomic E-state index is 1.04. The molecule has 238 valence electrons. The van der Waals surface area contributed by atoms with Gasteiger partial charge in [0.25, 0.3) is 0 Å². The smallest absolute Gasteiger partial charge is 0.115 e. The van der Waals surface area contributed by atoms with Crippen molar-refractivity contribution in [2.45, 2.75) is 0 Å². The summed E-state index contributed by atoms with van der Waals surface area (Å²) in [5.41, 5.74) is 9.10. The molecule has 3 saturated heterocycles. The monoisotopic (exact) mass is 642 g/mol. The van der Waals surface area contributed by atoms with Gasteiger partial charge in [-0.05, 0) is 16.7 Å². The molecule has 6 aromatic rings. The molecule has 3 fully saturated rings. The van der Waals surface area contributed by atoms with Crippen LogP contribution < -0.4 is 21.9 Å². The van der Waals surface area contributed by atoms with E-state index in [1.807, 2.05) is 0 Å². The number of piperazine rings is 3. The molecule has 2 nitrogen and oxygen atoms in total. The quantitative estimate of drug-likeness (QED) is 0.0833. The Labute approximate surface area is 291 Å². The maximum Gasteiger partial charge on any atom is 0.115 e. The van der Waals surface area contributed by atoms with E-state index in [-0.39, 0.29) is 0 Å². The third-order valence-corrected chi connectivity index (χ3v) is 11.0. The number of fused-ring (bicyclic) bond motifs is 3. The molecule has 3 heterocycles. The summed E-state index contributed by atoms with van der Waals surface area (Å²) >= 11 is 5.79. The highest BCUT2D eigenvalue weighted by atomic mass is 32.1. The van der Waals surface area contributed by atoms with Gasteiger partial charge in [0.1, 0.15) is 12.7 Å². The second kappa shape index (κ2) is 14.7. The second-order valence-electron chi connectivity index (χ2n) is 13.4. The number of quaternary nitrogens is 1. The molecule has 9 rings (SSSR count). The van der Waals surface area contributed by atoms with E-state index in [4.69, 9.17) is 12.2 Å². The van der Waals surface area contributed by atoms with E-state index in [2.05, 4.69) is 181 Å². The molecule has 3 aliphatic heterocycles. The Morgan fingerprint density at radius 2 is 0.792 bits per heavy atom. The predicted molar refractivity (Wildman–Crippen MR) is 210 cm³/mol. The first-order valence-corrected chi connectivity index (χ1v) is 17.7. The molecular weight excluding hydrogens is 599 g/mol. The van der Waals surface area contributed by atoms with Gasteiger partial charge in [-0.25, -0.2) is 0 Å². The fraction of sp³-hybridized carbons (Fsp3) is 0.159. The molecule has 3 aliphatic rings. The molecule has 6 aromatic carbocycles. The van der Waals surface area contributed by atoms with E-state index in [1.54, 1.807) is 0 Å². The summed E-state index contributed by atoms with van der Waals surface area (Å²) < 4.78 is 1.20. The Bertz CT molecular complexity index is 1710. The maximum atomic E-state index is 5.79. The van der Waals surface area contributed by atoms with E-state index < -0.39 is 6.15 Å². The summed E-state index contributed by atoms with van der Waals surface area (Å²) in [4.78, 5) is 3.71. The molecule has 48 heavy (non-hydrogen) atoms. The van der Waals surface area contributed by atoms with Crippen molar-refractivity contribution >= 4 is 45.1 Å². The predicted octanol–water partition coefficient (Wildman–Crippen LogP) is 6.28. The first-order chi connectivity index (χ1) is 23.7. The highest BCUT2D eigenvalue weighted by molar-refractivity contribution is 7.80. The van der Waals surface area contributed by atoms with Crippen molar-refractivity contribution < 1.29 is 4.48 Å². The molecule has 0 aliphatic carbocycles. The van der Waals surface area contributed by atoms with Crippen molar-refractivity contribution in [3.8, 4) is 11.1 Å². The standard InChI is InChI=1S/C24H20B.C20H23N2S/c1-5-13-21(14-6-1)25(22-15-7-2-8-16-22,23-17-9-3-10-18-23)24-19-11-4-12-20-24;23-20(16-22-13-10-21(11-14-22)12-15-22)19-8-6-18(7-9-19)17-4-2-1-3-5-17/h1-20H;1-9H,10-16H2/q-1;+1. The summed E-state index contributed by atoms with van der Waals surface area (Å²) in [6.45, 7) is 8.57. The normalized spacial score (nSPS) is 18.4. The van der Waals surface area contributed by atoms with E-state index in [0.29, 0.717) is 0 Å². The number of hydrogen-bond donors (Lipinski definition) is 0. The van der Waals surface area contributed by atoms with Gasteiger partial charge in [0.15, 0.2) is 0 Å². The van der Waals surface area contributed by atoms with Crippen molar-refractivity contribution in [2.75, 3.05) is 45.8 Å². The lowest BCUT2D eigenvalue weighted by Gasteiger charge is -2.50. The van der Waals surface area contributed by atoms with Crippen LogP contribution in [0, 0.1) is 0 Å². The van der Waals surface area contributed by atoms with Gasteiger partial charge < -0.3 is 4.48 Å². The third kappa shape index (κ3) is 6.70. The van der Waals surface area contributed by atoms with Crippen LogP contribution in [0.15, 0.2) is 176 Å². The minimum Gasteiger partial charge on any atom is -0.316 e. The molecule has 0 spiro atoms. The van der Waals surface area contributed by atoms with E-state index in [0.717, 1.165) is 11.4 Å². The number of benzene rings is 6. The average Bonchev–Trinajstić information content (AvgIpc) is 3.18. The zero-order valence-corrected chi connectivity index (χ0v) is 28.4. The van der Waals surface area contributed by atoms with Crippen LogP contribution in [0.25, 0.3) is 11.1 Å². The molecule has 2 bridgehead atoms. The first kappa shape index (κ1) is 32.0. The molecule has 0 atom stereocenters. The van der Waals surface area contributed by atoms with E-state index in [1.165, 1.54) is 82.3 Å². The van der Waals surface area contributed by atoms with E-state index in [9.17, 15) is 0 Å². The van der Waals surface area contributed by atoms with Gasteiger partial charge in [0.05, 0.1) is 24.5 Å². The molecule has 0 amide bonds. The van der Waals surface area contributed by atoms with Crippen LogP contribution in [0.1, 0.15) is 5.56 Å². The van der Waals surface area contributed by atoms with Crippen LogP contribution >= 0.6 is 12.2 Å². The zero-order chi connectivity index (χ0) is 32.7. The lowest BCUT2D eigenvalue weighted by atomic mass is 9.13. The summed E-state index contributed by atoms with van der Waals surface area (Å²) in [6.07, 6.45) is -1.22. The molecule has 0 aromatic heterocycles. The number of nitrogens with zero attached hydrogens (tertiary/aromatic N) is 2. The van der Waals surface area contributed by atoms with Crippen molar-refractivity contribution in [2.24, 2.45) is 0 Å². The molecule has 0 radical (unpaired) electrons. The van der Waals surface area contributed by atoms with Crippen molar-refractivity contribution in [1.29, 1.82) is 0 Å². The Balaban J connectivity index is 0.000000152. The molecule has 4 heteroatoms. The first-order valence-electron chi connectivity index (χ1n) is 17.3. The maximum absolute atomic E-state index is 5.79. The number of thiocarbonyl (C=S) groups is 1. The Kier molecular flexibility index (Phi) is 9.76. The lowest BCUT2D eigenvalue weighted by molar-refractivity contribution is -0.932. The van der Waals surface area contributed by atoms with Crippen LogP contribution in [0.5, 0.6) is 0 Å². The topological polar surface area (TPSA) is 3.24 Å². The van der Waals surface area contributed by atoms with Crippen LogP contribution in [-0.2, 0) is 0 Å². The molecule has 0 saturated carbocycles. The van der Waals surface area contributed by atoms with Gasteiger partial charge in [0, 0.05) is 19.6 Å². The summed E-state index contributed by atoms with van der Waals surface area (Å²) in [6, 6.07) is 62.8. The summed E-state index contributed by atoms with van der Waals surface area (Å²) in [7, 11) is 0. The Morgan fingerprint density at radius 1 is 0.458 bits per heavy atom. The number of rotatable bonds is 8. The SMILES string of the molecule is S=C(C[N+]12CCN(CC1)CC2)c1ccc(-c2ccccc2)cc1.c1ccc([B-](c2ccccc2)(c2ccccc2)c2ccccc2)cc1. The molecular formula is C44H43BN2S. The van der Waals surface area contributed by atoms with Crippen LogP contribution in [0.2, 0.25) is 0 Å². The van der Waals surface area contributed by atoms with Gasteiger partial charge in [-0.3, -0.25) is 4.90 Å². The van der Waals surface area contributed by atoms with Gasteiger partial charge in [-0.1, -0.05) is 188 Å². The molecule has 0 unspecified atom stereocenters. The second-order valence-corrected chi connectivity index (χ2v) is 13.9. The zero-order valence-electron chi connectivity index (χ0n) is 27.6. The van der Waals surface area contributed by atoms with Gasteiger partial charge in [0.2, 0.25) is 0 Å². The minimum atomic E-state index is -1.22. The van der Waals surface area contributed by atoms with Gasteiger partial charge >= 0.3 is 0 Å². The third-order valence-electron chi connectivity index (χ3n) is 10.7. The highest BCUT2D eigenvalue weighted by Gasteiger charge is 2.39. The number of hydrogen-bond acceptors (Lipinski definition) is 2. The van der Waals surface area contributed by atoms with E-state index >= 15 is 0 Å². The summed E-state index contributed by atoms with van der Waals surface area (Å²) in [5.74, 6) is 0. The Hall–Kier alpha value is -4.61. The van der Waals surface area contributed by atoms with Crippen LogP contribution in [0.3, 0.4) is 0 Å². The largest absolute Gasteiger partial charge is 0.316 e. The van der Waals surface area contributed by atoms with Crippen LogP contribution in [0.4, 0.5) is 0 Å². The fourth-order valence-electron chi connectivity index (χ4n) is 7.97. The summed E-state index contributed by atoms with van der Waals surface area (Å²) in [5, 5.41) is 0. The highest BCUT2D eigenvalue weighted by Crippen LogP contribution is 2.23. The lowest BCUT2D eigenvalue weighted by Crippen LogP contribution is -2.74. The molecule has 0 N–H and O–H groups in total. The van der Waals surface area contributed by atoms with Gasteiger partial charge in [-0.15, -0.1) is 0 Å². The fourth-order valence-corrected chi connectivity index (χ4v) is 8.38.